The number of amides is 1. The molecule has 0 fully saturated rings. The van der Waals surface area contributed by atoms with E-state index < -0.39 is 18.2 Å². The van der Waals surface area contributed by atoms with Gasteiger partial charge in [0.25, 0.3) is 5.91 Å². The van der Waals surface area contributed by atoms with Crippen molar-refractivity contribution in [2.75, 3.05) is 5.32 Å². The van der Waals surface area contributed by atoms with Crippen molar-refractivity contribution < 1.29 is 18.3 Å². The zero-order chi connectivity index (χ0) is 21.0. The number of nitrogens with zero attached hydrogens (tertiary/aromatic N) is 1. The second-order valence-electron chi connectivity index (χ2n) is 6.28. The molecule has 2 aromatic heterocycles. The molecule has 2 N–H and O–H groups in total. The molecule has 0 spiro atoms. The second-order valence-corrected chi connectivity index (χ2v) is 7.04. The molecule has 9 heteroatoms. The summed E-state index contributed by atoms with van der Waals surface area (Å²) >= 11 is 11.2. The van der Waals surface area contributed by atoms with Gasteiger partial charge in [-0.05, 0) is 43.8 Å². The van der Waals surface area contributed by atoms with Crippen LogP contribution in [0.15, 0.2) is 47.0 Å². The molecule has 2 unspecified atom stereocenters. The average molecular weight is 436 g/mol. The normalized spacial score (nSPS) is 13.0. The summed E-state index contributed by atoms with van der Waals surface area (Å²) in [6.07, 6.45) is 0.118. The standard InChI is InChI=1S/C20H19ClFN3O3S/c1-3-13(22)11(2)27-16-7-5-4-6-14(16)24-20(29)25-19(26)17-10-12-15(28-17)8-9-23-18(12)21/h4-11,13H,3H2,1-2H3,(H2,24,25,26,29). The topological polar surface area (TPSA) is 76.4 Å². The monoisotopic (exact) mass is 435 g/mol. The zero-order valence-electron chi connectivity index (χ0n) is 15.7. The number of benzene rings is 1. The lowest BCUT2D eigenvalue weighted by atomic mass is 10.2. The molecule has 2 heterocycles. The van der Waals surface area contributed by atoms with Gasteiger partial charge in [0.1, 0.15) is 28.8 Å². The molecule has 0 aliphatic heterocycles. The summed E-state index contributed by atoms with van der Waals surface area (Å²) < 4.78 is 25.0. The molecule has 6 nitrogen and oxygen atoms in total. The van der Waals surface area contributed by atoms with Crippen molar-refractivity contribution in [3.8, 4) is 5.75 Å². The molecule has 3 aromatic rings. The van der Waals surface area contributed by atoms with Crippen molar-refractivity contribution in [3.05, 3.63) is 53.5 Å². The number of fused-ring (bicyclic) bond motifs is 1. The summed E-state index contributed by atoms with van der Waals surface area (Å²) in [4.78, 5) is 16.4. The van der Waals surface area contributed by atoms with E-state index in [4.69, 9.17) is 33.0 Å². The Morgan fingerprint density at radius 2 is 2.14 bits per heavy atom. The minimum Gasteiger partial charge on any atom is -0.486 e. The van der Waals surface area contributed by atoms with Crippen LogP contribution in [0.25, 0.3) is 11.0 Å². The van der Waals surface area contributed by atoms with E-state index in [2.05, 4.69) is 15.6 Å². The minimum absolute atomic E-state index is 0.0377. The first-order chi connectivity index (χ1) is 13.9. The summed E-state index contributed by atoms with van der Waals surface area (Å²) in [5, 5.41) is 6.23. The van der Waals surface area contributed by atoms with Gasteiger partial charge < -0.3 is 14.5 Å². The highest BCUT2D eigenvalue weighted by Gasteiger charge is 2.19. The van der Waals surface area contributed by atoms with Crippen LogP contribution in [0.1, 0.15) is 30.8 Å². The molecule has 152 valence electrons. The predicted molar refractivity (Wildman–Crippen MR) is 114 cm³/mol. The number of hydrogen-bond acceptors (Lipinski definition) is 5. The van der Waals surface area contributed by atoms with Crippen molar-refractivity contribution in [2.45, 2.75) is 32.5 Å². The third-order valence-corrected chi connectivity index (χ3v) is 4.70. The molecule has 0 saturated carbocycles. The second kappa shape index (κ2) is 9.19. The summed E-state index contributed by atoms with van der Waals surface area (Å²) in [6.45, 7) is 3.41. The summed E-state index contributed by atoms with van der Waals surface area (Å²) in [7, 11) is 0. The molecular weight excluding hydrogens is 417 g/mol. The highest BCUT2D eigenvalue weighted by molar-refractivity contribution is 7.80. The largest absolute Gasteiger partial charge is 0.486 e. The Bertz CT molecular complexity index is 1040. The Labute approximate surface area is 177 Å². The third-order valence-electron chi connectivity index (χ3n) is 4.20. The van der Waals surface area contributed by atoms with Gasteiger partial charge in [0.05, 0.1) is 11.1 Å². The number of ether oxygens (including phenoxy) is 1. The Balaban J connectivity index is 1.69. The maximum absolute atomic E-state index is 13.8. The average Bonchev–Trinajstić information content (AvgIpc) is 3.14. The number of carbonyl (C=O) groups excluding carboxylic acids is 1. The number of aromatic nitrogens is 1. The number of anilines is 1. The van der Waals surface area contributed by atoms with Crippen LogP contribution in [0.4, 0.5) is 10.1 Å². The number of halogens is 2. The van der Waals surface area contributed by atoms with Crippen molar-refractivity contribution in [2.24, 2.45) is 0 Å². The molecule has 1 amide bonds. The number of rotatable bonds is 6. The molecule has 0 saturated heterocycles. The van der Waals surface area contributed by atoms with Crippen molar-refractivity contribution in [1.29, 1.82) is 0 Å². The van der Waals surface area contributed by atoms with Gasteiger partial charge in [0.15, 0.2) is 10.9 Å². The van der Waals surface area contributed by atoms with Crippen LogP contribution < -0.4 is 15.4 Å². The smallest absolute Gasteiger partial charge is 0.293 e. The van der Waals surface area contributed by atoms with E-state index in [0.717, 1.165) is 0 Å². The zero-order valence-corrected chi connectivity index (χ0v) is 17.3. The fourth-order valence-corrected chi connectivity index (χ4v) is 3.05. The van der Waals surface area contributed by atoms with E-state index in [0.29, 0.717) is 28.8 Å². The Morgan fingerprint density at radius 3 is 2.86 bits per heavy atom. The van der Waals surface area contributed by atoms with Gasteiger partial charge in [0.2, 0.25) is 0 Å². The van der Waals surface area contributed by atoms with Crippen LogP contribution in [-0.2, 0) is 0 Å². The van der Waals surface area contributed by atoms with E-state index in [1.807, 2.05) is 0 Å². The lowest BCUT2D eigenvalue weighted by Gasteiger charge is -2.20. The highest BCUT2D eigenvalue weighted by Crippen LogP contribution is 2.27. The van der Waals surface area contributed by atoms with Gasteiger partial charge in [0, 0.05) is 12.3 Å². The summed E-state index contributed by atoms with van der Waals surface area (Å²) in [6, 6.07) is 10.0. The summed E-state index contributed by atoms with van der Waals surface area (Å²) in [5.74, 6) is -0.0777. The number of carbonyl (C=O) groups is 1. The maximum atomic E-state index is 13.8. The molecule has 0 radical (unpaired) electrons. The summed E-state index contributed by atoms with van der Waals surface area (Å²) in [5.41, 5.74) is 0.947. The van der Waals surface area contributed by atoms with E-state index in [-0.39, 0.29) is 16.0 Å². The van der Waals surface area contributed by atoms with Crippen LogP contribution >= 0.6 is 23.8 Å². The van der Waals surface area contributed by atoms with Gasteiger partial charge in [-0.25, -0.2) is 9.37 Å². The van der Waals surface area contributed by atoms with Crippen molar-refractivity contribution in [3.63, 3.8) is 0 Å². The van der Waals surface area contributed by atoms with Gasteiger partial charge in [-0.15, -0.1) is 0 Å². The van der Waals surface area contributed by atoms with Crippen LogP contribution in [0.2, 0.25) is 5.15 Å². The lowest BCUT2D eigenvalue weighted by molar-refractivity contribution is 0.0952. The van der Waals surface area contributed by atoms with Crippen LogP contribution in [0, 0.1) is 0 Å². The van der Waals surface area contributed by atoms with Crippen molar-refractivity contribution >= 4 is 51.5 Å². The van der Waals surface area contributed by atoms with Crippen LogP contribution in [-0.4, -0.2) is 28.3 Å². The third kappa shape index (κ3) is 5.02. The molecule has 2 atom stereocenters. The quantitative estimate of drug-likeness (QED) is 0.413. The Kier molecular flexibility index (Phi) is 6.66. The van der Waals surface area contributed by atoms with E-state index >= 15 is 0 Å². The molecule has 0 bridgehead atoms. The number of hydrogen-bond donors (Lipinski definition) is 2. The van der Waals surface area contributed by atoms with Crippen molar-refractivity contribution in [1.82, 2.24) is 10.3 Å². The van der Waals surface area contributed by atoms with Crippen LogP contribution in [0.5, 0.6) is 5.75 Å². The fourth-order valence-electron chi connectivity index (χ4n) is 2.64. The van der Waals surface area contributed by atoms with Gasteiger partial charge in [-0.1, -0.05) is 30.7 Å². The molecule has 0 aliphatic rings. The molecule has 3 rings (SSSR count). The van der Waals surface area contributed by atoms with Gasteiger partial charge in [-0.2, -0.15) is 0 Å². The lowest BCUT2D eigenvalue weighted by Crippen LogP contribution is -2.34. The molecule has 29 heavy (non-hydrogen) atoms. The number of pyridine rings is 1. The number of thiocarbonyl (C=S) groups is 1. The first kappa shape index (κ1) is 21.0. The Hall–Kier alpha value is -2.71. The molecular formula is C20H19ClFN3O3S. The molecule has 1 aromatic carbocycles. The highest BCUT2D eigenvalue weighted by atomic mass is 35.5. The maximum Gasteiger partial charge on any atom is 0.293 e. The first-order valence-electron chi connectivity index (χ1n) is 8.95. The molecule has 0 aliphatic carbocycles. The predicted octanol–water partition coefficient (Wildman–Crippen LogP) is 5.12. The van der Waals surface area contributed by atoms with E-state index in [1.54, 1.807) is 44.2 Å². The number of furan rings is 1. The van der Waals surface area contributed by atoms with E-state index in [9.17, 15) is 9.18 Å². The minimum atomic E-state index is -1.09. The number of alkyl halides is 1. The van der Waals surface area contributed by atoms with Gasteiger partial charge in [-0.3, -0.25) is 10.1 Å². The van der Waals surface area contributed by atoms with E-state index in [1.165, 1.54) is 12.3 Å². The number of nitrogens with one attached hydrogen (secondary N) is 2. The number of para-hydroxylation sites is 2. The fraction of sp³-hybridized carbons (Fsp3) is 0.250. The first-order valence-corrected chi connectivity index (χ1v) is 9.73. The van der Waals surface area contributed by atoms with Gasteiger partial charge >= 0.3 is 0 Å². The van der Waals surface area contributed by atoms with Crippen LogP contribution in [0.3, 0.4) is 0 Å². The SMILES string of the molecule is CCC(F)C(C)Oc1ccccc1NC(=S)NC(=O)c1cc2c(Cl)nccc2o1. The Morgan fingerprint density at radius 1 is 1.38 bits per heavy atom.